The van der Waals surface area contributed by atoms with Crippen LogP contribution in [0, 0.1) is 0 Å². The highest BCUT2D eigenvalue weighted by molar-refractivity contribution is 6.26. The molecule has 0 saturated heterocycles. The molecule has 232 valence electrons. The molecule has 2 aromatic heterocycles. The van der Waals surface area contributed by atoms with Gasteiger partial charge in [0.1, 0.15) is 0 Å². The summed E-state index contributed by atoms with van der Waals surface area (Å²) in [6, 6.07) is 66.7. The van der Waals surface area contributed by atoms with Gasteiger partial charge in [0.2, 0.25) is 0 Å². The van der Waals surface area contributed by atoms with Crippen LogP contribution in [0.5, 0.6) is 0 Å². The summed E-state index contributed by atoms with van der Waals surface area (Å²) >= 11 is 0. The lowest BCUT2D eigenvalue weighted by molar-refractivity contribution is 1.18. The smallest absolute Gasteiger partial charge is 0.0547 e. The molecule has 0 radical (unpaired) electrons. The summed E-state index contributed by atoms with van der Waals surface area (Å²) in [4.78, 5) is 0. The number of rotatable bonds is 3. The summed E-state index contributed by atoms with van der Waals surface area (Å²) in [5.41, 5.74) is 9.66. The van der Waals surface area contributed by atoms with Crippen LogP contribution in [-0.2, 0) is 0 Å². The summed E-state index contributed by atoms with van der Waals surface area (Å²) in [5.74, 6) is 0. The lowest BCUT2D eigenvalue weighted by Gasteiger charge is -2.14. The van der Waals surface area contributed by atoms with Crippen LogP contribution in [0.1, 0.15) is 0 Å². The Hall–Kier alpha value is -6.64. The number of hydrogen-bond donors (Lipinski definition) is 0. The fraction of sp³-hybridized carbons (Fsp3) is 0. The maximum Gasteiger partial charge on any atom is 0.0547 e. The van der Waals surface area contributed by atoms with Crippen LogP contribution < -0.4 is 0 Å². The first-order valence-corrected chi connectivity index (χ1v) is 17.3. The molecule has 0 bridgehead atoms. The highest BCUT2D eigenvalue weighted by Crippen LogP contribution is 2.42. The second-order valence-corrected chi connectivity index (χ2v) is 13.3. The van der Waals surface area contributed by atoms with Gasteiger partial charge in [-0.15, -0.1) is 0 Å². The third-order valence-electron chi connectivity index (χ3n) is 10.7. The molecule has 11 rings (SSSR count). The van der Waals surface area contributed by atoms with Crippen LogP contribution >= 0.6 is 0 Å². The summed E-state index contributed by atoms with van der Waals surface area (Å²) in [6.07, 6.45) is 0. The third-order valence-corrected chi connectivity index (χ3v) is 10.7. The molecule has 50 heavy (non-hydrogen) atoms. The van der Waals surface area contributed by atoms with Crippen molar-refractivity contribution in [2.75, 3.05) is 0 Å². The molecule has 0 aliphatic carbocycles. The summed E-state index contributed by atoms with van der Waals surface area (Å²) in [6.45, 7) is 0. The first kappa shape index (κ1) is 27.3. The molecule has 0 aliphatic rings. The van der Waals surface area contributed by atoms with E-state index < -0.39 is 0 Å². The van der Waals surface area contributed by atoms with E-state index in [1.165, 1.54) is 98.4 Å². The van der Waals surface area contributed by atoms with Gasteiger partial charge in [0.25, 0.3) is 0 Å². The molecule has 0 saturated carbocycles. The van der Waals surface area contributed by atoms with E-state index in [0.29, 0.717) is 0 Å². The Morgan fingerprint density at radius 1 is 0.260 bits per heavy atom. The van der Waals surface area contributed by atoms with Gasteiger partial charge < -0.3 is 9.13 Å². The Labute approximate surface area is 288 Å². The van der Waals surface area contributed by atoms with Crippen LogP contribution in [0.2, 0.25) is 0 Å². The van der Waals surface area contributed by atoms with Gasteiger partial charge in [-0.2, -0.15) is 0 Å². The number of hydrogen-bond acceptors (Lipinski definition) is 0. The van der Waals surface area contributed by atoms with E-state index in [-0.39, 0.29) is 0 Å². The van der Waals surface area contributed by atoms with Crippen molar-refractivity contribution in [1.82, 2.24) is 9.13 Å². The molecule has 0 fully saturated rings. The monoisotopic (exact) mass is 634 g/mol. The van der Waals surface area contributed by atoms with Crippen molar-refractivity contribution in [3.63, 3.8) is 0 Å². The van der Waals surface area contributed by atoms with Gasteiger partial charge in [0.15, 0.2) is 0 Å². The molecule has 0 unspecified atom stereocenters. The van der Waals surface area contributed by atoms with Gasteiger partial charge in [-0.1, -0.05) is 127 Å². The first-order chi connectivity index (χ1) is 24.8. The maximum atomic E-state index is 2.44. The zero-order valence-corrected chi connectivity index (χ0v) is 27.2. The van der Waals surface area contributed by atoms with Crippen molar-refractivity contribution in [3.05, 3.63) is 182 Å². The summed E-state index contributed by atoms with van der Waals surface area (Å²) in [7, 11) is 0. The third kappa shape index (κ3) is 3.79. The number of nitrogens with zero attached hydrogens (tertiary/aromatic N) is 2. The average molecular weight is 635 g/mol. The van der Waals surface area contributed by atoms with Crippen molar-refractivity contribution in [3.8, 4) is 22.5 Å². The van der Waals surface area contributed by atoms with E-state index in [9.17, 15) is 0 Å². The fourth-order valence-corrected chi connectivity index (χ4v) is 8.57. The molecule has 2 heteroatoms. The normalized spacial score (nSPS) is 12.0. The number of aromatic nitrogens is 2. The molecule has 0 N–H and O–H groups in total. The first-order valence-electron chi connectivity index (χ1n) is 17.3. The predicted octanol–water partition coefficient (Wildman–Crippen LogP) is 13.0. The minimum absolute atomic E-state index is 1.17. The summed E-state index contributed by atoms with van der Waals surface area (Å²) < 4.78 is 4.84. The maximum absolute atomic E-state index is 2.44. The van der Waals surface area contributed by atoms with E-state index in [1.54, 1.807) is 0 Å². The predicted molar refractivity (Wildman–Crippen MR) is 213 cm³/mol. The summed E-state index contributed by atoms with van der Waals surface area (Å²) in [5, 5.41) is 12.8. The van der Waals surface area contributed by atoms with Crippen LogP contribution in [0.15, 0.2) is 182 Å². The van der Waals surface area contributed by atoms with Crippen molar-refractivity contribution >= 4 is 75.9 Å². The lowest BCUT2D eigenvalue weighted by Crippen LogP contribution is -1.94. The molecule has 11 aromatic rings. The Bertz CT molecular complexity index is 3110. The minimum atomic E-state index is 1.17. The van der Waals surface area contributed by atoms with Crippen LogP contribution in [-0.4, -0.2) is 9.13 Å². The van der Waals surface area contributed by atoms with Gasteiger partial charge in [0, 0.05) is 32.9 Å². The standard InChI is InChI=1S/C48H30N2/c1-2-13-32(14-3-1)49-45-23-11-9-20-41(45)48-34(21-12-24-47(48)49)31-25-28-46-43(29-31)40-19-8-10-22-44(40)50(46)33-26-27-39-37-17-5-4-15-35(37)36-16-6-7-18-38(36)42(39)30-33/h1-30H. The molecule has 0 spiro atoms. The SMILES string of the molecule is c1ccc(-n2c3ccccc3c3c(-c4ccc5c(c4)c4ccccc4n5-c4ccc5c6ccccc6c6ccccc6c5c4)cccc32)cc1. The quantitative estimate of drug-likeness (QED) is 0.171. The van der Waals surface area contributed by atoms with Crippen molar-refractivity contribution < 1.29 is 0 Å². The van der Waals surface area contributed by atoms with Crippen LogP contribution in [0.4, 0.5) is 0 Å². The molecular weight excluding hydrogens is 605 g/mol. The zero-order chi connectivity index (χ0) is 32.8. The molecule has 0 amide bonds. The van der Waals surface area contributed by atoms with Crippen molar-refractivity contribution in [1.29, 1.82) is 0 Å². The molecule has 0 aliphatic heterocycles. The molecular formula is C48H30N2. The second-order valence-electron chi connectivity index (χ2n) is 13.3. The molecule has 2 heterocycles. The largest absolute Gasteiger partial charge is 0.309 e. The highest BCUT2D eigenvalue weighted by Gasteiger charge is 2.19. The van der Waals surface area contributed by atoms with Gasteiger partial charge in [-0.25, -0.2) is 0 Å². The topological polar surface area (TPSA) is 9.86 Å². The van der Waals surface area contributed by atoms with Crippen LogP contribution in [0.3, 0.4) is 0 Å². The van der Waals surface area contributed by atoms with Crippen LogP contribution in [0.25, 0.3) is 98.4 Å². The minimum Gasteiger partial charge on any atom is -0.309 e. The molecule has 0 atom stereocenters. The highest BCUT2D eigenvalue weighted by atomic mass is 15.0. The van der Waals surface area contributed by atoms with E-state index in [0.717, 1.165) is 0 Å². The van der Waals surface area contributed by atoms with E-state index in [4.69, 9.17) is 0 Å². The number of benzene rings is 9. The van der Waals surface area contributed by atoms with E-state index in [1.807, 2.05) is 0 Å². The number of fused-ring (bicyclic) bond motifs is 12. The van der Waals surface area contributed by atoms with Gasteiger partial charge in [0.05, 0.1) is 22.1 Å². The molecule has 2 nitrogen and oxygen atoms in total. The van der Waals surface area contributed by atoms with Crippen molar-refractivity contribution in [2.45, 2.75) is 0 Å². The van der Waals surface area contributed by atoms with Crippen molar-refractivity contribution in [2.24, 2.45) is 0 Å². The lowest BCUT2D eigenvalue weighted by atomic mass is 9.94. The second kappa shape index (κ2) is 10.4. The van der Waals surface area contributed by atoms with Gasteiger partial charge >= 0.3 is 0 Å². The van der Waals surface area contributed by atoms with Gasteiger partial charge in [-0.3, -0.25) is 0 Å². The Morgan fingerprint density at radius 3 is 1.50 bits per heavy atom. The Kier molecular flexibility index (Phi) is 5.70. The fourth-order valence-electron chi connectivity index (χ4n) is 8.57. The molecule has 9 aromatic carbocycles. The van der Waals surface area contributed by atoms with E-state index in [2.05, 4.69) is 191 Å². The zero-order valence-electron chi connectivity index (χ0n) is 27.2. The van der Waals surface area contributed by atoms with E-state index >= 15 is 0 Å². The number of para-hydroxylation sites is 3. The van der Waals surface area contributed by atoms with Gasteiger partial charge in [-0.05, 0) is 98.0 Å². The Morgan fingerprint density at radius 2 is 0.780 bits per heavy atom. The average Bonchev–Trinajstić information content (AvgIpc) is 3.71. The Balaban J connectivity index is 1.17.